The maximum absolute atomic E-state index is 11.5. The van der Waals surface area contributed by atoms with Gasteiger partial charge in [-0.2, -0.15) is 0 Å². The predicted molar refractivity (Wildman–Crippen MR) is 70.9 cm³/mol. The molecule has 6 heteroatoms. The third-order valence-electron chi connectivity index (χ3n) is 2.22. The standard InChI is InChI=1S/C11H9NO3S2/c1-15-7-4-2-6(3-5-7)9(13)8-10(14)17-11(16)12-8/h2-5,13H,1H3,(H,12,16)/b9-8+. The van der Waals surface area contributed by atoms with Crippen molar-refractivity contribution in [3.05, 3.63) is 35.5 Å². The Labute approximate surface area is 108 Å². The van der Waals surface area contributed by atoms with Crippen LogP contribution in [-0.2, 0) is 4.79 Å². The SMILES string of the molecule is COc1ccc(/C(O)=C2\NC(=S)SC2=O)cc1. The highest BCUT2D eigenvalue weighted by Gasteiger charge is 2.26. The lowest BCUT2D eigenvalue weighted by atomic mass is 10.1. The molecule has 1 aromatic carbocycles. The number of aliphatic hydroxyl groups is 1. The van der Waals surface area contributed by atoms with Gasteiger partial charge in [-0.15, -0.1) is 0 Å². The maximum Gasteiger partial charge on any atom is 0.246 e. The Hall–Kier alpha value is -1.53. The highest BCUT2D eigenvalue weighted by atomic mass is 32.2. The number of aliphatic hydroxyl groups excluding tert-OH is 1. The molecule has 0 bridgehead atoms. The van der Waals surface area contributed by atoms with Crippen LogP contribution < -0.4 is 10.1 Å². The first kappa shape index (κ1) is 11.9. The highest BCUT2D eigenvalue weighted by Crippen LogP contribution is 2.26. The van der Waals surface area contributed by atoms with E-state index in [9.17, 15) is 9.90 Å². The molecule has 0 saturated carbocycles. The molecule has 1 aromatic rings. The lowest BCUT2D eigenvalue weighted by Gasteiger charge is -2.05. The van der Waals surface area contributed by atoms with Crippen LogP contribution in [-0.4, -0.2) is 21.7 Å². The summed E-state index contributed by atoms with van der Waals surface area (Å²) in [5.74, 6) is 0.576. The Bertz CT molecular complexity index is 508. The van der Waals surface area contributed by atoms with Gasteiger partial charge in [0, 0.05) is 5.56 Å². The van der Waals surface area contributed by atoms with Crippen LogP contribution in [0.25, 0.3) is 5.76 Å². The number of ether oxygens (including phenoxy) is 1. The van der Waals surface area contributed by atoms with Crippen LogP contribution in [0.4, 0.5) is 0 Å². The molecule has 1 aliphatic heterocycles. The molecular weight excluding hydrogens is 258 g/mol. The van der Waals surface area contributed by atoms with Gasteiger partial charge in [-0.1, -0.05) is 12.2 Å². The van der Waals surface area contributed by atoms with Crippen molar-refractivity contribution in [2.24, 2.45) is 0 Å². The van der Waals surface area contributed by atoms with Crippen molar-refractivity contribution >= 4 is 39.2 Å². The van der Waals surface area contributed by atoms with E-state index >= 15 is 0 Å². The second-order valence-corrected chi connectivity index (χ2v) is 4.90. The minimum absolute atomic E-state index is 0.106. The van der Waals surface area contributed by atoms with Gasteiger partial charge in [-0.25, -0.2) is 0 Å². The van der Waals surface area contributed by atoms with E-state index in [1.54, 1.807) is 31.4 Å². The molecule has 0 spiro atoms. The number of nitrogens with one attached hydrogen (secondary N) is 1. The minimum Gasteiger partial charge on any atom is -0.505 e. The number of rotatable bonds is 2. The smallest absolute Gasteiger partial charge is 0.246 e. The Kier molecular flexibility index (Phi) is 3.35. The molecule has 1 fully saturated rings. The predicted octanol–water partition coefficient (Wildman–Crippen LogP) is 2.07. The largest absolute Gasteiger partial charge is 0.505 e. The second-order valence-electron chi connectivity index (χ2n) is 3.25. The highest BCUT2D eigenvalue weighted by molar-refractivity contribution is 8.33. The molecule has 1 aliphatic rings. The van der Waals surface area contributed by atoms with Gasteiger partial charge in [0.1, 0.15) is 15.8 Å². The molecule has 0 aromatic heterocycles. The lowest BCUT2D eigenvalue weighted by molar-refractivity contribution is -0.107. The first-order chi connectivity index (χ1) is 8.11. The monoisotopic (exact) mass is 267 g/mol. The molecule has 1 heterocycles. The van der Waals surface area contributed by atoms with Crippen molar-refractivity contribution in [1.29, 1.82) is 0 Å². The van der Waals surface area contributed by atoms with Crippen molar-refractivity contribution in [1.82, 2.24) is 5.32 Å². The molecule has 1 saturated heterocycles. The Morgan fingerprint density at radius 2 is 2.06 bits per heavy atom. The first-order valence-corrected chi connectivity index (χ1v) is 5.95. The van der Waals surface area contributed by atoms with Gasteiger partial charge < -0.3 is 15.2 Å². The fraction of sp³-hybridized carbons (Fsp3) is 0.0909. The molecule has 2 N–H and O–H groups in total. The van der Waals surface area contributed by atoms with Gasteiger partial charge in [0.15, 0.2) is 5.76 Å². The molecule has 4 nitrogen and oxygen atoms in total. The molecule has 0 radical (unpaired) electrons. The molecule has 0 unspecified atom stereocenters. The van der Waals surface area contributed by atoms with Gasteiger partial charge >= 0.3 is 0 Å². The van der Waals surface area contributed by atoms with Crippen LogP contribution in [0, 0.1) is 0 Å². The van der Waals surface area contributed by atoms with Gasteiger partial charge in [-0.3, -0.25) is 4.79 Å². The molecule has 2 rings (SSSR count). The van der Waals surface area contributed by atoms with E-state index in [0.29, 0.717) is 15.6 Å². The minimum atomic E-state index is -0.275. The van der Waals surface area contributed by atoms with E-state index in [-0.39, 0.29) is 16.6 Å². The van der Waals surface area contributed by atoms with E-state index in [2.05, 4.69) is 5.32 Å². The van der Waals surface area contributed by atoms with Crippen LogP contribution in [0.15, 0.2) is 30.0 Å². The van der Waals surface area contributed by atoms with Crippen LogP contribution in [0.1, 0.15) is 5.56 Å². The Morgan fingerprint density at radius 1 is 1.41 bits per heavy atom. The van der Waals surface area contributed by atoms with Gasteiger partial charge in [0.2, 0.25) is 5.12 Å². The summed E-state index contributed by atoms with van der Waals surface area (Å²) in [6.45, 7) is 0. The van der Waals surface area contributed by atoms with E-state index in [4.69, 9.17) is 17.0 Å². The van der Waals surface area contributed by atoms with Crippen molar-refractivity contribution in [2.75, 3.05) is 7.11 Å². The molecule has 0 aliphatic carbocycles. The summed E-state index contributed by atoms with van der Waals surface area (Å²) < 4.78 is 5.36. The summed E-state index contributed by atoms with van der Waals surface area (Å²) in [6, 6.07) is 6.75. The normalized spacial score (nSPS) is 17.9. The summed E-state index contributed by atoms with van der Waals surface area (Å²) in [4.78, 5) is 11.5. The molecule has 0 atom stereocenters. The van der Waals surface area contributed by atoms with Crippen molar-refractivity contribution in [3.63, 3.8) is 0 Å². The Balaban J connectivity index is 2.35. The fourth-order valence-electron chi connectivity index (χ4n) is 1.36. The quantitative estimate of drug-likeness (QED) is 0.486. The van der Waals surface area contributed by atoms with Gasteiger partial charge in [0.25, 0.3) is 0 Å². The number of hydrogen-bond acceptors (Lipinski definition) is 5. The zero-order valence-electron chi connectivity index (χ0n) is 8.89. The average molecular weight is 267 g/mol. The van der Waals surface area contributed by atoms with E-state index in [0.717, 1.165) is 11.8 Å². The van der Waals surface area contributed by atoms with Crippen LogP contribution in [0.5, 0.6) is 5.75 Å². The summed E-state index contributed by atoms with van der Waals surface area (Å²) in [6.07, 6.45) is 0. The summed E-state index contributed by atoms with van der Waals surface area (Å²) in [5, 5.41) is 12.4. The zero-order chi connectivity index (χ0) is 12.4. The topological polar surface area (TPSA) is 58.6 Å². The number of thiocarbonyl (C=S) groups is 1. The van der Waals surface area contributed by atoms with E-state index in [1.807, 2.05) is 0 Å². The molecule has 88 valence electrons. The van der Waals surface area contributed by atoms with Gasteiger partial charge in [-0.05, 0) is 36.0 Å². The summed E-state index contributed by atoms with van der Waals surface area (Å²) in [7, 11) is 1.56. The lowest BCUT2D eigenvalue weighted by Crippen LogP contribution is -2.12. The number of carbonyl (C=O) groups is 1. The zero-order valence-corrected chi connectivity index (χ0v) is 10.5. The third kappa shape index (κ3) is 2.42. The number of hydrogen-bond donors (Lipinski definition) is 2. The molecular formula is C11H9NO3S2. The summed E-state index contributed by atoms with van der Waals surface area (Å²) >= 11 is 5.75. The second kappa shape index (κ2) is 4.77. The number of thioether (sulfide) groups is 1. The summed E-state index contributed by atoms with van der Waals surface area (Å²) in [5.41, 5.74) is 0.664. The maximum atomic E-state index is 11.5. The number of carbonyl (C=O) groups excluding carboxylic acids is 1. The fourth-order valence-corrected chi connectivity index (χ4v) is 2.26. The third-order valence-corrected chi connectivity index (χ3v) is 3.25. The van der Waals surface area contributed by atoms with Crippen LogP contribution >= 0.6 is 24.0 Å². The number of benzene rings is 1. The first-order valence-electron chi connectivity index (χ1n) is 4.72. The average Bonchev–Trinajstić information content (AvgIpc) is 2.68. The van der Waals surface area contributed by atoms with Crippen LogP contribution in [0.3, 0.4) is 0 Å². The van der Waals surface area contributed by atoms with Crippen LogP contribution in [0.2, 0.25) is 0 Å². The number of methoxy groups -OCH3 is 1. The van der Waals surface area contributed by atoms with Crippen molar-refractivity contribution in [2.45, 2.75) is 0 Å². The molecule has 0 amide bonds. The van der Waals surface area contributed by atoms with E-state index in [1.165, 1.54) is 0 Å². The van der Waals surface area contributed by atoms with Gasteiger partial charge in [0.05, 0.1) is 7.11 Å². The van der Waals surface area contributed by atoms with Crippen molar-refractivity contribution in [3.8, 4) is 5.75 Å². The Morgan fingerprint density at radius 3 is 2.53 bits per heavy atom. The van der Waals surface area contributed by atoms with Crippen molar-refractivity contribution < 1.29 is 14.6 Å². The molecule has 17 heavy (non-hydrogen) atoms. The van der Waals surface area contributed by atoms with E-state index < -0.39 is 0 Å².